The summed E-state index contributed by atoms with van der Waals surface area (Å²) in [5, 5.41) is 14.5. The first-order valence-electron chi connectivity index (χ1n) is 8.11. The Kier molecular flexibility index (Phi) is 7.37. The molecule has 2 aromatic rings. The highest BCUT2D eigenvalue weighted by molar-refractivity contribution is 7.18. The molecule has 0 aliphatic heterocycles. The number of nitrogens with one attached hydrogen (secondary N) is 2. The van der Waals surface area contributed by atoms with Crippen molar-refractivity contribution in [3.63, 3.8) is 0 Å². The second kappa shape index (κ2) is 9.30. The molecule has 0 fully saturated rings. The van der Waals surface area contributed by atoms with Crippen molar-refractivity contribution in [1.29, 1.82) is 0 Å². The molecule has 1 aromatic heterocycles. The van der Waals surface area contributed by atoms with Crippen molar-refractivity contribution < 1.29 is 9.59 Å². The third-order valence-electron chi connectivity index (χ3n) is 3.91. The van der Waals surface area contributed by atoms with Crippen LogP contribution >= 0.6 is 34.5 Å². The number of aromatic nitrogens is 2. The summed E-state index contributed by atoms with van der Waals surface area (Å²) in [5.41, 5.74) is 2.04. The first kappa shape index (κ1) is 20.6. The van der Waals surface area contributed by atoms with Crippen LogP contribution in [-0.4, -0.2) is 32.9 Å². The number of nitrogens with zero attached hydrogens (tertiary/aromatic N) is 2. The maximum absolute atomic E-state index is 12.6. The number of hydrogen-bond acceptors (Lipinski definition) is 5. The molecule has 0 saturated carbocycles. The molecule has 0 radical (unpaired) electrons. The van der Waals surface area contributed by atoms with Crippen molar-refractivity contribution in [2.45, 2.75) is 38.1 Å². The molecule has 2 atom stereocenters. The zero-order valence-corrected chi connectivity index (χ0v) is 17.0. The maximum atomic E-state index is 12.6. The second-order valence-corrected chi connectivity index (χ2v) is 8.02. The van der Waals surface area contributed by atoms with E-state index in [1.807, 2.05) is 45.0 Å². The van der Waals surface area contributed by atoms with E-state index in [1.54, 1.807) is 0 Å². The van der Waals surface area contributed by atoms with Crippen LogP contribution in [0.4, 0.5) is 5.13 Å². The minimum Gasteiger partial charge on any atom is -0.342 e. The van der Waals surface area contributed by atoms with Gasteiger partial charge in [-0.25, -0.2) is 0 Å². The molecular weight excluding hydrogens is 395 g/mol. The molecule has 0 spiro atoms. The molecule has 0 aliphatic rings. The van der Waals surface area contributed by atoms with E-state index in [9.17, 15) is 9.59 Å². The predicted molar refractivity (Wildman–Crippen MR) is 106 cm³/mol. The number of aryl methyl sites for hydroxylation is 1. The molecule has 26 heavy (non-hydrogen) atoms. The lowest BCUT2D eigenvalue weighted by Crippen LogP contribution is -2.49. The number of anilines is 1. The number of halogens is 2. The van der Waals surface area contributed by atoms with Crippen LogP contribution in [0, 0.1) is 12.8 Å². The van der Waals surface area contributed by atoms with Crippen molar-refractivity contribution >= 4 is 51.5 Å². The van der Waals surface area contributed by atoms with Crippen molar-refractivity contribution in [1.82, 2.24) is 15.5 Å². The fourth-order valence-corrected chi connectivity index (χ4v) is 3.14. The van der Waals surface area contributed by atoms with Gasteiger partial charge in [-0.3, -0.25) is 14.9 Å². The van der Waals surface area contributed by atoms with Gasteiger partial charge in [0.1, 0.15) is 11.0 Å². The van der Waals surface area contributed by atoms with Crippen LogP contribution in [-0.2, 0) is 9.59 Å². The van der Waals surface area contributed by atoms with Crippen molar-refractivity contribution in [3.05, 3.63) is 29.8 Å². The van der Waals surface area contributed by atoms with Gasteiger partial charge >= 0.3 is 0 Å². The van der Waals surface area contributed by atoms with Crippen molar-refractivity contribution in [2.75, 3.05) is 5.32 Å². The molecule has 9 heteroatoms. The fraction of sp³-hybridized carbons (Fsp3) is 0.412. The van der Waals surface area contributed by atoms with Gasteiger partial charge in [0.25, 0.3) is 5.91 Å². The molecule has 0 bridgehead atoms. The van der Waals surface area contributed by atoms with Gasteiger partial charge in [0.2, 0.25) is 11.0 Å². The van der Waals surface area contributed by atoms with Gasteiger partial charge in [0, 0.05) is 5.56 Å². The van der Waals surface area contributed by atoms with Gasteiger partial charge in [-0.05, 0) is 18.9 Å². The summed E-state index contributed by atoms with van der Waals surface area (Å²) in [6.45, 7) is 5.78. The standard InChI is InChI=1S/C17H20Cl2N4O2S/c1-4-10(3)12(20-15(25)13(18)19)14(24)21-17-23-22-16(26-17)11-7-5-6-9(2)8-11/h5-8,10,12-13H,4H2,1-3H3,(H,20,25)(H,21,23,24)/t10-,12-/m0/s1. The highest BCUT2D eigenvalue weighted by atomic mass is 35.5. The number of benzene rings is 1. The Labute approximate surface area is 166 Å². The minimum absolute atomic E-state index is 0.102. The van der Waals surface area contributed by atoms with E-state index in [2.05, 4.69) is 20.8 Å². The summed E-state index contributed by atoms with van der Waals surface area (Å²) >= 11 is 12.4. The van der Waals surface area contributed by atoms with Gasteiger partial charge in [0.05, 0.1) is 0 Å². The van der Waals surface area contributed by atoms with E-state index >= 15 is 0 Å². The van der Waals surface area contributed by atoms with Crippen LogP contribution in [0.1, 0.15) is 25.8 Å². The van der Waals surface area contributed by atoms with Crippen LogP contribution in [0.3, 0.4) is 0 Å². The molecule has 2 N–H and O–H groups in total. The highest BCUT2D eigenvalue weighted by Crippen LogP contribution is 2.27. The summed E-state index contributed by atoms with van der Waals surface area (Å²) in [6.07, 6.45) is 0.693. The monoisotopic (exact) mass is 414 g/mol. The van der Waals surface area contributed by atoms with Gasteiger partial charge < -0.3 is 5.32 Å². The lowest BCUT2D eigenvalue weighted by Gasteiger charge is -2.23. The number of alkyl halides is 2. The molecule has 2 rings (SSSR count). The molecule has 1 heterocycles. The van der Waals surface area contributed by atoms with E-state index in [0.29, 0.717) is 16.6 Å². The van der Waals surface area contributed by atoms with Crippen LogP contribution in [0.25, 0.3) is 10.6 Å². The lowest BCUT2D eigenvalue weighted by molar-refractivity contribution is -0.126. The molecule has 6 nitrogen and oxygen atoms in total. The second-order valence-electron chi connectivity index (χ2n) is 5.94. The Bertz CT molecular complexity index is 782. The number of hydrogen-bond donors (Lipinski definition) is 2. The number of carbonyl (C=O) groups excluding carboxylic acids is 2. The van der Waals surface area contributed by atoms with Crippen molar-refractivity contribution in [2.24, 2.45) is 5.92 Å². The minimum atomic E-state index is -1.23. The Balaban J connectivity index is 2.12. The van der Waals surface area contributed by atoms with Crippen LogP contribution in [0.15, 0.2) is 24.3 Å². The molecule has 1 aromatic carbocycles. The van der Waals surface area contributed by atoms with Crippen LogP contribution in [0.5, 0.6) is 0 Å². The molecule has 0 aliphatic carbocycles. The molecule has 2 amide bonds. The molecule has 0 unspecified atom stereocenters. The van der Waals surface area contributed by atoms with E-state index < -0.39 is 16.8 Å². The third-order valence-corrected chi connectivity index (χ3v) is 5.20. The Hall–Kier alpha value is -1.70. The van der Waals surface area contributed by atoms with Gasteiger partial charge in [-0.2, -0.15) is 0 Å². The predicted octanol–water partition coefficient (Wildman–Crippen LogP) is 3.79. The average Bonchev–Trinajstić information content (AvgIpc) is 3.07. The number of carbonyl (C=O) groups is 2. The SMILES string of the molecule is CC[C@H](C)[C@H](NC(=O)C(Cl)Cl)C(=O)Nc1nnc(-c2cccc(C)c2)s1. The average molecular weight is 415 g/mol. The largest absolute Gasteiger partial charge is 0.342 e. The lowest BCUT2D eigenvalue weighted by atomic mass is 9.98. The van der Waals surface area contributed by atoms with Crippen molar-refractivity contribution in [3.8, 4) is 10.6 Å². The topological polar surface area (TPSA) is 84.0 Å². The molecule has 0 saturated heterocycles. The summed E-state index contributed by atoms with van der Waals surface area (Å²) in [5.74, 6) is -1.09. The van der Waals surface area contributed by atoms with E-state index in [1.165, 1.54) is 11.3 Å². The molecule has 140 valence electrons. The quantitative estimate of drug-likeness (QED) is 0.674. The normalized spacial score (nSPS) is 13.3. The third kappa shape index (κ3) is 5.40. The maximum Gasteiger partial charge on any atom is 0.253 e. The zero-order valence-electron chi connectivity index (χ0n) is 14.6. The van der Waals surface area contributed by atoms with Crippen LogP contribution in [0.2, 0.25) is 0 Å². The van der Waals surface area contributed by atoms with E-state index in [-0.39, 0.29) is 11.8 Å². The molecular formula is C17H20Cl2N4O2S. The zero-order chi connectivity index (χ0) is 19.3. The first-order chi connectivity index (χ1) is 12.3. The Morgan fingerprint density at radius 2 is 1.96 bits per heavy atom. The Morgan fingerprint density at radius 1 is 1.23 bits per heavy atom. The van der Waals surface area contributed by atoms with E-state index in [0.717, 1.165) is 11.1 Å². The van der Waals surface area contributed by atoms with Crippen LogP contribution < -0.4 is 10.6 Å². The van der Waals surface area contributed by atoms with Gasteiger partial charge in [0.15, 0.2) is 4.84 Å². The summed E-state index contributed by atoms with van der Waals surface area (Å²) in [4.78, 5) is 23.1. The fourth-order valence-electron chi connectivity index (χ4n) is 2.27. The van der Waals surface area contributed by atoms with E-state index in [4.69, 9.17) is 23.2 Å². The first-order valence-corrected chi connectivity index (χ1v) is 9.80. The highest BCUT2D eigenvalue weighted by Gasteiger charge is 2.28. The number of rotatable bonds is 7. The van der Waals surface area contributed by atoms with Gasteiger partial charge in [-0.15, -0.1) is 10.2 Å². The smallest absolute Gasteiger partial charge is 0.253 e. The summed E-state index contributed by atoms with van der Waals surface area (Å²) in [7, 11) is 0. The van der Waals surface area contributed by atoms with Gasteiger partial charge in [-0.1, -0.05) is 78.6 Å². The number of amides is 2. The summed E-state index contributed by atoms with van der Waals surface area (Å²) < 4.78 is 0. The summed E-state index contributed by atoms with van der Waals surface area (Å²) in [6, 6.07) is 7.10. The Morgan fingerprint density at radius 3 is 2.58 bits per heavy atom.